The van der Waals surface area contributed by atoms with Crippen LogP contribution in [0.3, 0.4) is 0 Å². The number of hydrogen-bond acceptors (Lipinski definition) is 5. The van der Waals surface area contributed by atoms with E-state index in [1.54, 1.807) is 0 Å². The molecule has 1 N–H and O–H groups in total. The van der Waals surface area contributed by atoms with Crippen LogP contribution in [0.5, 0.6) is 5.75 Å². The fourth-order valence-corrected chi connectivity index (χ4v) is 2.67. The zero-order chi connectivity index (χ0) is 14.5. The highest BCUT2D eigenvalue weighted by Crippen LogP contribution is 2.30. The van der Waals surface area contributed by atoms with Crippen molar-refractivity contribution in [1.82, 2.24) is 4.98 Å². The van der Waals surface area contributed by atoms with Gasteiger partial charge in [-0.1, -0.05) is 12.1 Å². The second-order valence-corrected chi connectivity index (χ2v) is 4.99. The van der Waals surface area contributed by atoms with Crippen LogP contribution >= 0.6 is 11.3 Å². The van der Waals surface area contributed by atoms with Crippen molar-refractivity contribution >= 4 is 17.3 Å². The number of methoxy groups -OCH3 is 1. The molecule has 2 aromatic rings. The summed E-state index contributed by atoms with van der Waals surface area (Å²) in [5, 5.41) is 9.83. The Labute approximate surface area is 120 Å². The highest BCUT2D eigenvalue weighted by molar-refractivity contribution is 7.17. The molecule has 0 aliphatic rings. The zero-order valence-corrected chi connectivity index (χ0v) is 12.1. The van der Waals surface area contributed by atoms with E-state index in [1.807, 2.05) is 31.2 Å². The molecule has 2 rings (SSSR count). The number of benzene rings is 1. The highest BCUT2D eigenvalue weighted by atomic mass is 32.1. The Hall–Kier alpha value is -1.92. The van der Waals surface area contributed by atoms with Crippen molar-refractivity contribution in [3.63, 3.8) is 0 Å². The number of aromatic carboxylic acids is 1. The fourth-order valence-electron chi connectivity index (χ4n) is 1.76. The predicted octanol–water partition coefficient (Wildman–Crippen LogP) is 3.05. The number of thiazole rings is 1. The summed E-state index contributed by atoms with van der Waals surface area (Å²) in [6, 6.07) is 7.45. The molecule has 0 aliphatic heterocycles. The van der Waals surface area contributed by atoms with Gasteiger partial charge in [-0.05, 0) is 19.1 Å². The molecule has 5 nitrogen and oxygen atoms in total. The maximum atomic E-state index is 11.2. The van der Waals surface area contributed by atoms with E-state index in [2.05, 4.69) is 4.98 Å². The molecular weight excluding hydrogens is 278 g/mol. The molecule has 1 aromatic heterocycles. The molecule has 0 unspecified atom stereocenters. The number of rotatable bonds is 6. The number of ether oxygens (including phenoxy) is 2. The molecule has 0 fully saturated rings. The second-order valence-electron chi connectivity index (χ2n) is 3.99. The van der Waals surface area contributed by atoms with Gasteiger partial charge in [-0.15, -0.1) is 11.3 Å². The molecule has 20 heavy (non-hydrogen) atoms. The number of hydrogen-bond donors (Lipinski definition) is 1. The first kappa shape index (κ1) is 14.5. The van der Waals surface area contributed by atoms with Gasteiger partial charge in [-0.2, -0.15) is 0 Å². The Balaban J connectivity index is 2.39. The summed E-state index contributed by atoms with van der Waals surface area (Å²) in [4.78, 5) is 15.8. The first-order chi connectivity index (χ1) is 9.65. The zero-order valence-electron chi connectivity index (χ0n) is 11.3. The minimum atomic E-state index is -0.984. The molecule has 0 aliphatic carbocycles. The van der Waals surface area contributed by atoms with Crippen LogP contribution in [-0.4, -0.2) is 29.8 Å². The number of aromatic nitrogens is 1. The fraction of sp³-hybridized carbons (Fsp3) is 0.286. The van der Waals surface area contributed by atoms with Gasteiger partial charge in [0.25, 0.3) is 0 Å². The lowest BCUT2D eigenvalue weighted by atomic mass is 10.2. The van der Waals surface area contributed by atoms with Crippen molar-refractivity contribution in [2.24, 2.45) is 0 Å². The summed E-state index contributed by atoms with van der Waals surface area (Å²) in [5.41, 5.74) is 1.28. The number of carbonyl (C=O) groups is 1. The Morgan fingerprint density at radius 3 is 2.90 bits per heavy atom. The van der Waals surface area contributed by atoms with E-state index < -0.39 is 5.97 Å². The van der Waals surface area contributed by atoms with E-state index in [9.17, 15) is 9.90 Å². The van der Waals surface area contributed by atoms with Crippen LogP contribution < -0.4 is 4.74 Å². The average molecular weight is 293 g/mol. The van der Waals surface area contributed by atoms with Crippen LogP contribution in [0.4, 0.5) is 0 Å². The van der Waals surface area contributed by atoms with Crippen molar-refractivity contribution in [2.45, 2.75) is 13.5 Å². The van der Waals surface area contributed by atoms with E-state index in [0.717, 1.165) is 22.6 Å². The number of carboxylic acid groups (broad SMARTS) is 1. The van der Waals surface area contributed by atoms with Gasteiger partial charge in [-0.3, -0.25) is 0 Å². The molecule has 0 saturated carbocycles. The summed E-state index contributed by atoms with van der Waals surface area (Å²) in [6.45, 7) is 2.68. The summed E-state index contributed by atoms with van der Waals surface area (Å²) in [6.07, 6.45) is 0. The molecule has 0 atom stereocenters. The number of carboxylic acids is 1. The van der Waals surface area contributed by atoms with Gasteiger partial charge < -0.3 is 14.6 Å². The summed E-state index contributed by atoms with van der Waals surface area (Å²) in [5.74, 6) is -0.243. The summed E-state index contributed by atoms with van der Waals surface area (Å²) < 4.78 is 10.4. The Kier molecular flexibility index (Phi) is 4.70. The topological polar surface area (TPSA) is 68.7 Å². The molecule has 106 valence electrons. The Morgan fingerprint density at radius 1 is 1.45 bits per heavy atom. The summed E-state index contributed by atoms with van der Waals surface area (Å²) in [7, 11) is 1.51. The first-order valence-electron chi connectivity index (χ1n) is 6.10. The lowest BCUT2D eigenvalue weighted by Gasteiger charge is -2.03. The van der Waals surface area contributed by atoms with E-state index in [4.69, 9.17) is 9.47 Å². The van der Waals surface area contributed by atoms with Crippen molar-refractivity contribution < 1.29 is 19.4 Å². The molecule has 0 bridgehead atoms. The predicted molar refractivity (Wildman–Crippen MR) is 76.4 cm³/mol. The van der Waals surface area contributed by atoms with Crippen LogP contribution in [0.2, 0.25) is 0 Å². The number of nitrogens with zero attached hydrogens (tertiary/aromatic N) is 1. The average Bonchev–Trinajstić information content (AvgIpc) is 2.84. The smallest absolute Gasteiger partial charge is 0.347 e. The molecule has 0 radical (unpaired) electrons. The minimum Gasteiger partial charge on any atom is -0.494 e. The standard InChI is InChI=1S/C14H15NO4S/c1-3-19-10-6-4-5-9(7-10)13-15-11(8-18-2)12(20-13)14(16)17/h4-7H,3,8H2,1-2H3,(H,16,17). The van der Waals surface area contributed by atoms with Gasteiger partial charge in [0.15, 0.2) is 0 Å². The SMILES string of the molecule is CCOc1cccc(-c2nc(COC)c(C(=O)O)s2)c1. The Bertz CT molecular complexity index is 609. The van der Waals surface area contributed by atoms with Crippen LogP contribution in [0.15, 0.2) is 24.3 Å². The van der Waals surface area contributed by atoms with Gasteiger partial charge in [0.05, 0.1) is 18.9 Å². The van der Waals surface area contributed by atoms with Gasteiger partial charge in [0, 0.05) is 12.7 Å². The maximum absolute atomic E-state index is 11.2. The second kappa shape index (κ2) is 6.49. The van der Waals surface area contributed by atoms with Gasteiger partial charge in [0.2, 0.25) is 0 Å². The van der Waals surface area contributed by atoms with E-state index in [1.165, 1.54) is 7.11 Å². The first-order valence-corrected chi connectivity index (χ1v) is 6.92. The third-order valence-electron chi connectivity index (χ3n) is 2.56. The molecule has 0 spiro atoms. The van der Waals surface area contributed by atoms with Crippen molar-refractivity contribution in [2.75, 3.05) is 13.7 Å². The van der Waals surface area contributed by atoms with Crippen molar-refractivity contribution in [1.29, 1.82) is 0 Å². The third kappa shape index (κ3) is 3.15. The van der Waals surface area contributed by atoms with Gasteiger partial charge >= 0.3 is 5.97 Å². The van der Waals surface area contributed by atoms with E-state index in [0.29, 0.717) is 17.3 Å². The lowest BCUT2D eigenvalue weighted by molar-refractivity contribution is 0.0697. The molecule has 6 heteroatoms. The third-order valence-corrected chi connectivity index (χ3v) is 3.70. The van der Waals surface area contributed by atoms with E-state index in [-0.39, 0.29) is 11.5 Å². The van der Waals surface area contributed by atoms with Crippen LogP contribution in [0.25, 0.3) is 10.6 Å². The lowest BCUT2D eigenvalue weighted by Crippen LogP contribution is -1.99. The molecular formula is C14H15NO4S. The van der Waals surface area contributed by atoms with Crippen LogP contribution in [-0.2, 0) is 11.3 Å². The Morgan fingerprint density at radius 2 is 2.25 bits per heavy atom. The van der Waals surface area contributed by atoms with E-state index >= 15 is 0 Å². The van der Waals surface area contributed by atoms with Gasteiger partial charge in [-0.25, -0.2) is 9.78 Å². The van der Waals surface area contributed by atoms with Gasteiger partial charge in [0.1, 0.15) is 15.6 Å². The minimum absolute atomic E-state index is 0.184. The highest BCUT2D eigenvalue weighted by Gasteiger charge is 2.18. The molecule has 0 saturated heterocycles. The summed E-state index contributed by atoms with van der Waals surface area (Å²) >= 11 is 1.14. The van der Waals surface area contributed by atoms with Crippen molar-refractivity contribution in [3.8, 4) is 16.3 Å². The normalized spacial score (nSPS) is 10.5. The van der Waals surface area contributed by atoms with Crippen LogP contribution in [0, 0.1) is 0 Å². The molecule has 0 amide bonds. The molecule has 1 aromatic carbocycles. The van der Waals surface area contributed by atoms with Crippen molar-refractivity contribution in [3.05, 3.63) is 34.8 Å². The monoisotopic (exact) mass is 293 g/mol. The van der Waals surface area contributed by atoms with Crippen LogP contribution in [0.1, 0.15) is 22.3 Å². The quantitative estimate of drug-likeness (QED) is 0.886. The largest absolute Gasteiger partial charge is 0.494 e. The molecule has 1 heterocycles. The maximum Gasteiger partial charge on any atom is 0.347 e.